The number of amides is 1. The van der Waals surface area contributed by atoms with Gasteiger partial charge in [-0.05, 0) is 39.2 Å². The largest absolute Gasteiger partial charge is 0.444 e. The smallest absolute Gasteiger partial charge is 0.411 e. The number of nitrogens with zero attached hydrogens (tertiary/aromatic N) is 2. The summed E-state index contributed by atoms with van der Waals surface area (Å²) < 4.78 is 5.69. The molecule has 132 valence electrons. The van der Waals surface area contributed by atoms with E-state index in [0.717, 1.165) is 37.8 Å². The van der Waals surface area contributed by atoms with Crippen LogP contribution in [-0.2, 0) is 11.3 Å². The summed E-state index contributed by atoms with van der Waals surface area (Å²) >= 11 is 3.68. The fourth-order valence-electron chi connectivity index (χ4n) is 3.97. The molecular weight excluding hydrogens is 368 g/mol. The third-order valence-corrected chi connectivity index (χ3v) is 5.94. The highest BCUT2D eigenvalue weighted by Crippen LogP contribution is 2.41. The molecule has 2 atom stereocenters. The van der Waals surface area contributed by atoms with Crippen LogP contribution in [0.1, 0.15) is 39.2 Å². The molecule has 2 saturated heterocycles. The van der Waals surface area contributed by atoms with Crippen LogP contribution in [0.25, 0.3) is 0 Å². The van der Waals surface area contributed by atoms with Crippen LogP contribution >= 0.6 is 15.9 Å². The van der Waals surface area contributed by atoms with E-state index < -0.39 is 5.60 Å². The molecule has 0 aromatic heterocycles. The second-order valence-corrected chi connectivity index (χ2v) is 8.62. The van der Waals surface area contributed by atoms with Gasteiger partial charge in [-0.1, -0.05) is 46.3 Å². The van der Waals surface area contributed by atoms with Gasteiger partial charge in [0.1, 0.15) is 5.60 Å². The summed E-state index contributed by atoms with van der Waals surface area (Å²) in [5.74, 6) is 0. The molecule has 1 aromatic rings. The standard InChI is InChI=1S/C19H27BrN2O2/c1-18(2,3)24-17(23)22-16-9-10-19(22,13-20)14-21(12-16)11-15-7-5-4-6-8-15/h4-8,16H,9-14H2,1-3H3. The van der Waals surface area contributed by atoms with Crippen LogP contribution in [0.2, 0.25) is 0 Å². The Morgan fingerprint density at radius 2 is 2.04 bits per heavy atom. The van der Waals surface area contributed by atoms with Gasteiger partial charge in [-0.3, -0.25) is 9.80 Å². The lowest BCUT2D eigenvalue weighted by Crippen LogP contribution is -2.64. The van der Waals surface area contributed by atoms with Crippen LogP contribution in [0.3, 0.4) is 0 Å². The average molecular weight is 395 g/mol. The SMILES string of the molecule is CC(C)(C)OC(=O)N1C2CCC1(CBr)CN(Cc1ccccc1)C2. The average Bonchev–Trinajstić information content (AvgIpc) is 2.76. The van der Waals surface area contributed by atoms with Crippen molar-refractivity contribution in [3.05, 3.63) is 35.9 Å². The van der Waals surface area contributed by atoms with Gasteiger partial charge in [0.15, 0.2) is 0 Å². The van der Waals surface area contributed by atoms with Crippen LogP contribution in [0.5, 0.6) is 0 Å². The van der Waals surface area contributed by atoms with Crippen LogP contribution in [-0.4, -0.2) is 51.5 Å². The summed E-state index contributed by atoms with van der Waals surface area (Å²) in [4.78, 5) is 17.3. The van der Waals surface area contributed by atoms with Crippen LogP contribution in [0.4, 0.5) is 4.79 Å². The molecular formula is C19H27BrN2O2. The van der Waals surface area contributed by atoms with E-state index in [9.17, 15) is 4.79 Å². The molecule has 0 radical (unpaired) electrons. The quantitative estimate of drug-likeness (QED) is 0.725. The van der Waals surface area contributed by atoms with Crippen molar-refractivity contribution in [2.75, 3.05) is 18.4 Å². The molecule has 2 heterocycles. The molecule has 1 amide bonds. The number of hydrogen-bond acceptors (Lipinski definition) is 3. The number of carbonyl (C=O) groups is 1. The first-order valence-corrected chi connectivity index (χ1v) is 9.80. The molecule has 5 heteroatoms. The molecule has 1 aromatic carbocycles. The van der Waals surface area contributed by atoms with Gasteiger partial charge in [0, 0.05) is 31.0 Å². The van der Waals surface area contributed by atoms with Crippen molar-refractivity contribution >= 4 is 22.0 Å². The molecule has 2 aliphatic rings. The monoisotopic (exact) mass is 394 g/mol. The maximum atomic E-state index is 12.8. The van der Waals surface area contributed by atoms with E-state index in [1.807, 2.05) is 31.7 Å². The van der Waals surface area contributed by atoms with Gasteiger partial charge in [0.25, 0.3) is 0 Å². The minimum atomic E-state index is -0.453. The fraction of sp³-hybridized carbons (Fsp3) is 0.632. The normalized spacial score (nSPS) is 27.3. The molecule has 24 heavy (non-hydrogen) atoms. The number of halogens is 1. The molecule has 2 fully saturated rings. The maximum Gasteiger partial charge on any atom is 0.411 e. The Hall–Kier alpha value is -1.07. The van der Waals surface area contributed by atoms with Crippen molar-refractivity contribution in [1.29, 1.82) is 0 Å². The molecule has 2 unspecified atom stereocenters. The zero-order valence-electron chi connectivity index (χ0n) is 14.8. The number of carbonyl (C=O) groups excluding carboxylic acids is 1. The van der Waals surface area contributed by atoms with Crippen molar-refractivity contribution in [3.8, 4) is 0 Å². The zero-order chi connectivity index (χ0) is 17.4. The Bertz CT molecular complexity index is 587. The van der Waals surface area contributed by atoms with Crippen molar-refractivity contribution in [3.63, 3.8) is 0 Å². The second-order valence-electron chi connectivity index (χ2n) is 8.06. The molecule has 0 spiro atoms. The molecule has 0 aliphatic carbocycles. The predicted molar refractivity (Wildman–Crippen MR) is 99.3 cm³/mol. The highest BCUT2D eigenvalue weighted by Gasteiger charge is 2.53. The summed E-state index contributed by atoms with van der Waals surface area (Å²) in [5.41, 5.74) is 0.720. The maximum absolute atomic E-state index is 12.8. The van der Waals surface area contributed by atoms with Gasteiger partial charge >= 0.3 is 6.09 Å². The highest BCUT2D eigenvalue weighted by atomic mass is 79.9. The van der Waals surface area contributed by atoms with Crippen molar-refractivity contribution in [1.82, 2.24) is 9.80 Å². The van der Waals surface area contributed by atoms with Crippen molar-refractivity contribution in [2.24, 2.45) is 0 Å². The van der Waals surface area contributed by atoms with E-state index >= 15 is 0 Å². The summed E-state index contributed by atoms with van der Waals surface area (Å²) in [5, 5.41) is 0.793. The number of rotatable bonds is 3. The van der Waals surface area contributed by atoms with Crippen LogP contribution in [0, 0.1) is 0 Å². The molecule has 4 nitrogen and oxygen atoms in total. The van der Waals surface area contributed by atoms with Crippen molar-refractivity contribution in [2.45, 2.75) is 57.3 Å². The van der Waals surface area contributed by atoms with Gasteiger partial charge in [0.05, 0.1) is 5.54 Å². The number of alkyl halides is 1. The third-order valence-electron chi connectivity index (χ3n) is 4.89. The van der Waals surface area contributed by atoms with Gasteiger partial charge in [-0.2, -0.15) is 0 Å². The van der Waals surface area contributed by atoms with E-state index in [-0.39, 0.29) is 17.7 Å². The lowest BCUT2D eigenvalue weighted by Gasteiger charge is -2.48. The van der Waals surface area contributed by atoms with Crippen LogP contribution in [0.15, 0.2) is 30.3 Å². The van der Waals surface area contributed by atoms with Gasteiger partial charge < -0.3 is 4.74 Å². The van der Waals surface area contributed by atoms with E-state index in [0.29, 0.717) is 0 Å². The second kappa shape index (κ2) is 6.68. The number of hydrogen-bond donors (Lipinski definition) is 0. The van der Waals surface area contributed by atoms with E-state index in [2.05, 4.69) is 45.1 Å². The lowest BCUT2D eigenvalue weighted by molar-refractivity contribution is -0.0278. The molecule has 2 aliphatic heterocycles. The minimum Gasteiger partial charge on any atom is -0.444 e. The molecule has 0 N–H and O–H groups in total. The summed E-state index contributed by atoms with van der Waals surface area (Å²) in [6.07, 6.45) is 1.92. The van der Waals surface area contributed by atoms with Crippen molar-refractivity contribution < 1.29 is 9.53 Å². The Morgan fingerprint density at radius 3 is 2.67 bits per heavy atom. The summed E-state index contributed by atoms with van der Waals surface area (Å²) in [6.45, 7) is 8.54. The number of piperazine rings is 1. The van der Waals surface area contributed by atoms with Gasteiger partial charge in [-0.25, -0.2) is 4.79 Å². The minimum absolute atomic E-state index is 0.153. The number of ether oxygens (including phenoxy) is 1. The molecule has 3 rings (SSSR count). The summed E-state index contributed by atoms with van der Waals surface area (Å²) in [6, 6.07) is 10.8. The Labute approximate surface area is 153 Å². The first kappa shape index (κ1) is 17.7. The molecule has 2 bridgehead atoms. The predicted octanol–water partition coefficient (Wildman–Crippen LogP) is 4.04. The first-order valence-electron chi connectivity index (χ1n) is 8.68. The number of benzene rings is 1. The fourth-order valence-corrected chi connectivity index (χ4v) is 4.70. The summed E-state index contributed by atoms with van der Waals surface area (Å²) in [7, 11) is 0. The number of likely N-dealkylation sites (tertiary alicyclic amines) is 1. The topological polar surface area (TPSA) is 32.8 Å². The van der Waals surface area contributed by atoms with Gasteiger partial charge in [-0.15, -0.1) is 0 Å². The van der Waals surface area contributed by atoms with E-state index in [1.165, 1.54) is 5.56 Å². The Morgan fingerprint density at radius 1 is 1.33 bits per heavy atom. The molecule has 0 saturated carbocycles. The first-order chi connectivity index (χ1) is 11.3. The highest BCUT2D eigenvalue weighted by molar-refractivity contribution is 9.09. The Balaban J connectivity index is 1.75. The van der Waals surface area contributed by atoms with Crippen LogP contribution < -0.4 is 0 Å². The van der Waals surface area contributed by atoms with Gasteiger partial charge in [0.2, 0.25) is 0 Å². The lowest BCUT2D eigenvalue weighted by atomic mass is 9.97. The Kier molecular flexibility index (Phi) is 4.94. The van der Waals surface area contributed by atoms with E-state index in [4.69, 9.17) is 4.74 Å². The number of fused-ring (bicyclic) bond motifs is 2. The van der Waals surface area contributed by atoms with E-state index in [1.54, 1.807) is 0 Å². The zero-order valence-corrected chi connectivity index (χ0v) is 16.4. The third kappa shape index (κ3) is 3.62.